The Morgan fingerprint density at radius 2 is 2.35 bits per heavy atom. The average Bonchev–Trinajstić information content (AvgIpc) is 2.70. The number of carboxylic acid groups (broad SMARTS) is 1. The van der Waals surface area contributed by atoms with Crippen LogP contribution < -0.4 is 5.32 Å². The molecule has 6 nitrogen and oxygen atoms in total. The molecular formula is C9H10ClN3O3S. The van der Waals surface area contributed by atoms with E-state index >= 15 is 0 Å². The van der Waals surface area contributed by atoms with Gasteiger partial charge in [-0.25, -0.2) is 14.8 Å². The molecule has 0 amide bonds. The van der Waals surface area contributed by atoms with E-state index in [-0.39, 0.29) is 24.0 Å². The lowest BCUT2D eigenvalue weighted by molar-refractivity contribution is -0.137. The van der Waals surface area contributed by atoms with E-state index in [1.807, 2.05) is 0 Å². The fourth-order valence-electron chi connectivity index (χ4n) is 1.16. The topological polar surface area (TPSA) is 94.8 Å². The predicted molar refractivity (Wildman–Crippen MR) is 68.1 cm³/mol. The van der Waals surface area contributed by atoms with Crippen LogP contribution in [0.2, 0.25) is 0 Å². The van der Waals surface area contributed by atoms with Gasteiger partial charge in [0.1, 0.15) is 0 Å². The maximum atomic E-state index is 10.7. The lowest BCUT2D eigenvalue weighted by Crippen LogP contribution is -2.17. The maximum Gasteiger partial charge on any atom is 0.329 e. The maximum absolute atomic E-state index is 10.7. The fourth-order valence-corrected chi connectivity index (χ4v) is 2.07. The summed E-state index contributed by atoms with van der Waals surface area (Å²) in [5.41, 5.74) is 0. The molecular weight excluding hydrogens is 266 g/mol. The zero-order valence-corrected chi connectivity index (χ0v) is 10.2. The Kier molecular flexibility index (Phi) is 4.59. The summed E-state index contributed by atoms with van der Waals surface area (Å²) in [7, 11) is 0. The van der Waals surface area contributed by atoms with Crippen LogP contribution in [0.1, 0.15) is 0 Å². The minimum atomic E-state index is -0.949. The van der Waals surface area contributed by atoms with Crippen molar-refractivity contribution in [1.29, 1.82) is 0 Å². The van der Waals surface area contributed by atoms with Gasteiger partial charge in [-0.05, 0) is 12.1 Å². The Morgan fingerprint density at radius 3 is 2.94 bits per heavy atom. The standard InChI is InChI=1S/C9H9N3O3S.ClH/c13-6-2-1-3-10-7(6)12-9-11-5(4-16-9)8(14)15;/h1-3,5,13H,4H2,(H,14,15)(H,10,11,12);1H. The zero-order chi connectivity index (χ0) is 11.5. The number of aliphatic carboxylic acids is 1. The molecule has 0 saturated carbocycles. The Labute approximate surface area is 108 Å². The SMILES string of the molecule is Cl.O=C(O)C1CSC(Nc2ncccc2O)=N1. The molecule has 1 aromatic rings. The number of aromatic hydroxyl groups is 1. The molecule has 1 aliphatic rings. The number of hydrogen-bond donors (Lipinski definition) is 3. The molecule has 0 spiro atoms. The molecule has 0 fully saturated rings. The van der Waals surface area contributed by atoms with Crippen molar-refractivity contribution in [1.82, 2.24) is 4.98 Å². The van der Waals surface area contributed by atoms with Gasteiger partial charge in [0.25, 0.3) is 0 Å². The second-order valence-corrected chi connectivity index (χ2v) is 4.10. The summed E-state index contributed by atoms with van der Waals surface area (Å²) in [4.78, 5) is 18.5. The average molecular weight is 276 g/mol. The number of thioether (sulfide) groups is 1. The summed E-state index contributed by atoms with van der Waals surface area (Å²) in [5.74, 6) is -0.274. The number of anilines is 1. The molecule has 92 valence electrons. The van der Waals surface area contributed by atoms with E-state index in [0.29, 0.717) is 10.9 Å². The van der Waals surface area contributed by atoms with Gasteiger partial charge in [-0.15, -0.1) is 12.4 Å². The van der Waals surface area contributed by atoms with Crippen molar-refractivity contribution < 1.29 is 15.0 Å². The molecule has 1 unspecified atom stereocenters. The van der Waals surface area contributed by atoms with Gasteiger partial charge < -0.3 is 15.5 Å². The summed E-state index contributed by atoms with van der Waals surface area (Å²) >= 11 is 1.29. The quantitative estimate of drug-likeness (QED) is 0.750. The molecule has 0 saturated heterocycles. The Bertz CT molecular complexity index is 455. The molecule has 8 heteroatoms. The summed E-state index contributed by atoms with van der Waals surface area (Å²) in [6.07, 6.45) is 1.52. The highest BCUT2D eigenvalue weighted by atomic mass is 35.5. The highest BCUT2D eigenvalue weighted by Crippen LogP contribution is 2.24. The van der Waals surface area contributed by atoms with E-state index in [2.05, 4.69) is 15.3 Å². The smallest absolute Gasteiger partial charge is 0.329 e. The number of halogens is 1. The largest absolute Gasteiger partial charge is 0.504 e. The van der Waals surface area contributed by atoms with Crippen LogP contribution in [0.15, 0.2) is 23.3 Å². The first-order valence-electron chi connectivity index (χ1n) is 4.51. The fraction of sp³-hybridized carbons (Fsp3) is 0.222. The van der Waals surface area contributed by atoms with Gasteiger partial charge in [0.05, 0.1) is 0 Å². The molecule has 3 N–H and O–H groups in total. The second-order valence-electron chi connectivity index (χ2n) is 3.10. The summed E-state index contributed by atoms with van der Waals surface area (Å²) < 4.78 is 0. The molecule has 0 radical (unpaired) electrons. The van der Waals surface area contributed by atoms with E-state index in [4.69, 9.17) is 5.11 Å². The Hall–Kier alpha value is -1.47. The van der Waals surface area contributed by atoms with E-state index in [0.717, 1.165) is 0 Å². The Morgan fingerprint density at radius 1 is 1.59 bits per heavy atom. The number of aliphatic imine (C=N–C) groups is 1. The van der Waals surface area contributed by atoms with E-state index in [9.17, 15) is 9.90 Å². The van der Waals surface area contributed by atoms with E-state index in [1.165, 1.54) is 24.0 Å². The number of carboxylic acids is 1. The van der Waals surface area contributed by atoms with Crippen molar-refractivity contribution in [2.75, 3.05) is 11.1 Å². The number of pyridine rings is 1. The van der Waals surface area contributed by atoms with Crippen molar-refractivity contribution >= 4 is 41.1 Å². The van der Waals surface area contributed by atoms with Gasteiger partial charge >= 0.3 is 5.97 Å². The van der Waals surface area contributed by atoms with Crippen LogP contribution in [-0.2, 0) is 4.79 Å². The molecule has 2 rings (SSSR count). The number of nitrogens with zero attached hydrogens (tertiary/aromatic N) is 2. The third-order valence-corrected chi connectivity index (χ3v) is 2.91. The first kappa shape index (κ1) is 13.6. The number of carbonyl (C=O) groups is 1. The third-order valence-electron chi connectivity index (χ3n) is 1.95. The normalized spacial score (nSPS) is 18.1. The van der Waals surface area contributed by atoms with Crippen LogP contribution in [0.4, 0.5) is 5.82 Å². The van der Waals surface area contributed by atoms with Crippen LogP contribution in [0, 0.1) is 0 Å². The van der Waals surface area contributed by atoms with Gasteiger partial charge in [0, 0.05) is 11.9 Å². The van der Waals surface area contributed by atoms with Gasteiger partial charge in [0.2, 0.25) is 0 Å². The van der Waals surface area contributed by atoms with Crippen molar-refractivity contribution in [2.45, 2.75) is 6.04 Å². The molecule has 2 heterocycles. The zero-order valence-electron chi connectivity index (χ0n) is 8.53. The van der Waals surface area contributed by atoms with Gasteiger partial charge in [0.15, 0.2) is 22.8 Å². The van der Waals surface area contributed by atoms with Crippen LogP contribution in [-0.4, -0.2) is 38.1 Å². The molecule has 1 aliphatic heterocycles. The highest BCUT2D eigenvalue weighted by Gasteiger charge is 2.24. The molecule has 17 heavy (non-hydrogen) atoms. The second kappa shape index (κ2) is 5.74. The lowest BCUT2D eigenvalue weighted by Gasteiger charge is -2.04. The van der Waals surface area contributed by atoms with Crippen LogP contribution in [0.3, 0.4) is 0 Å². The van der Waals surface area contributed by atoms with Crippen molar-refractivity contribution in [2.24, 2.45) is 4.99 Å². The van der Waals surface area contributed by atoms with Crippen molar-refractivity contribution in [3.63, 3.8) is 0 Å². The molecule has 0 aliphatic carbocycles. The molecule has 1 aromatic heterocycles. The first-order chi connectivity index (χ1) is 7.66. The van der Waals surface area contributed by atoms with Gasteiger partial charge in [-0.2, -0.15) is 0 Å². The van der Waals surface area contributed by atoms with Crippen LogP contribution in [0.25, 0.3) is 0 Å². The molecule has 0 aromatic carbocycles. The molecule has 0 bridgehead atoms. The van der Waals surface area contributed by atoms with Crippen molar-refractivity contribution in [3.05, 3.63) is 18.3 Å². The van der Waals surface area contributed by atoms with Crippen molar-refractivity contribution in [3.8, 4) is 5.75 Å². The first-order valence-corrected chi connectivity index (χ1v) is 5.50. The molecule has 1 atom stereocenters. The number of rotatable bonds is 2. The van der Waals surface area contributed by atoms with Gasteiger partial charge in [-0.1, -0.05) is 11.8 Å². The minimum absolute atomic E-state index is 0. The summed E-state index contributed by atoms with van der Waals surface area (Å²) in [5, 5.41) is 21.4. The number of nitrogens with one attached hydrogen (secondary N) is 1. The lowest BCUT2D eigenvalue weighted by atomic mass is 10.4. The highest BCUT2D eigenvalue weighted by molar-refractivity contribution is 8.14. The number of aromatic nitrogens is 1. The number of hydrogen-bond acceptors (Lipinski definition) is 6. The van der Waals surface area contributed by atoms with E-state index < -0.39 is 12.0 Å². The third kappa shape index (κ3) is 3.24. The number of amidine groups is 1. The van der Waals surface area contributed by atoms with Gasteiger partial charge in [-0.3, -0.25) is 0 Å². The van der Waals surface area contributed by atoms with E-state index in [1.54, 1.807) is 6.07 Å². The summed E-state index contributed by atoms with van der Waals surface area (Å²) in [6.45, 7) is 0. The monoisotopic (exact) mass is 275 g/mol. The predicted octanol–water partition coefficient (Wildman–Crippen LogP) is 1.18. The van der Waals surface area contributed by atoms with Crippen LogP contribution in [0.5, 0.6) is 5.75 Å². The summed E-state index contributed by atoms with van der Waals surface area (Å²) in [6, 6.07) is 2.37. The minimum Gasteiger partial charge on any atom is -0.504 e. The Balaban J connectivity index is 0.00000144. The van der Waals surface area contributed by atoms with Crippen LogP contribution >= 0.6 is 24.2 Å².